The summed E-state index contributed by atoms with van der Waals surface area (Å²) in [6.07, 6.45) is 2.91. The van der Waals surface area contributed by atoms with Gasteiger partial charge in [0.2, 0.25) is 11.8 Å². The molecule has 0 bridgehead atoms. The molecule has 0 radical (unpaired) electrons. The highest BCUT2D eigenvalue weighted by Gasteiger charge is 2.39. The molecule has 1 aromatic carbocycles. The Balaban J connectivity index is 1.43. The summed E-state index contributed by atoms with van der Waals surface area (Å²) in [5, 5.41) is 2.88. The number of likely N-dealkylation sites (tertiary alicyclic amines) is 1. The molecule has 2 amide bonds. The van der Waals surface area contributed by atoms with Gasteiger partial charge in [-0.05, 0) is 12.8 Å². The maximum atomic E-state index is 11.9. The van der Waals surface area contributed by atoms with Gasteiger partial charge < -0.3 is 10.2 Å². The van der Waals surface area contributed by atoms with Crippen LogP contribution in [0.3, 0.4) is 0 Å². The van der Waals surface area contributed by atoms with Crippen molar-refractivity contribution in [3.63, 3.8) is 0 Å². The lowest BCUT2D eigenvalue weighted by atomic mass is 10.1. The zero-order valence-corrected chi connectivity index (χ0v) is 12.5. The van der Waals surface area contributed by atoms with E-state index in [2.05, 4.69) is 5.32 Å². The molecule has 1 aromatic rings. The zero-order valence-electron chi connectivity index (χ0n) is 12.5. The van der Waals surface area contributed by atoms with Gasteiger partial charge in [-0.15, -0.1) is 0 Å². The highest BCUT2D eigenvalue weighted by molar-refractivity contribution is 5.98. The van der Waals surface area contributed by atoms with Crippen LogP contribution in [0.15, 0.2) is 30.3 Å². The fraction of sp³-hybridized carbons (Fsp3) is 0.471. The van der Waals surface area contributed by atoms with Crippen LogP contribution in [-0.2, 0) is 9.59 Å². The van der Waals surface area contributed by atoms with Crippen LogP contribution in [0.4, 0.5) is 0 Å². The van der Waals surface area contributed by atoms with Gasteiger partial charge in [0.15, 0.2) is 5.78 Å². The lowest BCUT2D eigenvalue weighted by Crippen LogP contribution is -2.37. The van der Waals surface area contributed by atoms with Gasteiger partial charge in [-0.1, -0.05) is 30.3 Å². The van der Waals surface area contributed by atoms with E-state index in [0.717, 1.165) is 12.8 Å². The summed E-state index contributed by atoms with van der Waals surface area (Å²) in [6, 6.07) is 9.27. The molecule has 0 unspecified atom stereocenters. The molecule has 1 aliphatic carbocycles. The summed E-state index contributed by atoms with van der Waals surface area (Å²) in [5.41, 5.74) is 0.631. The Morgan fingerprint density at radius 1 is 1.14 bits per heavy atom. The monoisotopic (exact) mass is 300 g/mol. The molecule has 1 N–H and O–H groups in total. The number of benzene rings is 1. The van der Waals surface area contributed by atoms with Crippen molar-refractivity contribution < 1.29 is 14.4 Å². The molecule has 1 aliphatic heterocycles. The fourth-order valence-electron chi connectivity index (χ4n) is 2.86. The average Bonchev–Trinajstić information content (AvgIpc) is 3.30. The van der Waals surface area contributed by atoms with Crippen molar-refractivity contribution in [3.05, 3.63) is 35.9 Å². The van der Waals surface area contributed by atoms with Crippen LogP contribution in [0, 0.1) is 0 Å². The van der Waals surface area contributed by atoms with Gasteiger partial charge in [0.25, 0.3) is 0 Å². The largest absolute Gasteiger partial charge is 0.351 e. The van der Waals surface area contributed by atoms with Gasteiger partial charge in [0.05, 0.1) is 6.04 Å². The van der Waals surface area contributed by atoms with Crippen LogP contribution in [-0.4, -0.2) is 41.1 Å². The fourth-order valence-corrected chi connectivity index (χ4v) is 2.86. The van der Waals surface area contributed by atoms with Crippen LogP contribution in [0.2, 0.25) is 0 Å². The molecule has 0 spiro atoms. The van der Waals surface area contributed by atoms with Crippen molar-refractivity contribution in [2.75, 3.05) is 6.54 Å². The number of ketones is 1. The number of hydrogen-bond acceptors (Lipinski definition) is 3. The number of carbonyl (C=O) groups excluding carboxylic acids is 3. The molecule has 5 nitrogen and oxygen atoms in total. The first-order valence-corrected chi connectivity index (χ1v) is 7.80. The van der Waals surface area contributed by atoms with Crippen LogP contribution in [0.25, 0.3) is 0 Å². The highest BCUT2D eigenvalue weighted by atomic mass is 16.2. The first-order chi connectivity index (χ1) is 10.6. The highest BCUT2D eigenvalue weighted by Crippen LogP contribution is 2.30. The number of nitrogens with one attached hydrogen (secondary N) is 1. The molecule has 1 atom stereocenters. The zero-order chi connectivity index (χ0) is 15.5. The van der Waals surface area contributed by atoms with Crippen molar-refractivity contribution in [1.82, 2.24) is 10.2 Å². The van der Waals surface area contributed by atoms with E-state index in [-0.39, 0.29) is 36.5 Å². The van der Waals surface area contributed by atoms with Crippen molar-refractivity contribution in [3.8, 4) is 0 Å². The van der Waals surface area contributed by atoms with Gasteiger partial charge in [-0.2, -0.15) is 0 Å². The van der Waals surface area contributed by atoms with Crippen LogP contribution < -0.4 is 5.32 Å². The number of rotatable bonds is 6. The molecule has 22 heavy (non-hydrogen) atoms. The molecule has 116 valence electrons. The molecular formula is C17H20N2O3. The maximum absolute atomic E-state index is 11.9. The summed E-state index contributed by atoms with van der Waals surface area (Å²) in [7, 11) is 0. The van der Waals surface area contributed by atoms with E-state index < -0.39 is 0 Å². The van der Waals surface area contributed by atoms with E-state index in [1.165, 1.54) is 0 Å². The smallest absolute Gasteiger partial charge is 0.225 e. The Morgan fingerprint density at radius 3 is 2.55 bits per heavy atom. The Morgan fingerprint density at radius 2 is 1.86 bits per heavy atom. The van der Waals surface area contributed by atoms with Gasteiger partial charge >= 0.3 is 0 Å². The summed E-state index contributed by atoms with van der Waals surface area (Å²) >= 11 is 0. The maximum Gasteiger partial charge on any atom is 0.225 e. The lowest BCUT2D eigenvalue weighted by Gasteiger charge is -2.16. The Hall–Kier alpha value is -2.17. The Bertz CT molecular complexity index is 581. The first kappa shape index (κ1) is 14.8. The third-order valence-corrected chi connectivity index (χ3v) is 4.19. The predicted molar refractivity (Wildman–Crippen MR) is 81.3 cm³/mol. The van der Waals surface area contributed by atoms with E-state index in [0.29, 0.717) is 24.6 Å². The summed E-state index contributed by atoms with van der Waals surface area (Å²) in [6.45, 7) is 0.613. The molecule has 5 heteroatoms. The van der Waals surface area contributed by atoms with E-state index in [1.807, 2.05) is 23.1 Å². The normalized spacial score (nSPS) is 21.0. The lowest BCUT2D eigenvalue weighted by molar-refractivity contribution is -0.128. The standard InChI is InChI=1S/C17H20N2O3/c20-15(12-4-2-1-3-5-12)8-9-16(21)18-13-10-17(22)19(11-13)14-6-7-14/h1-5,13-14H,6-11H2,(H,18,21)/t13-/m1/s1. The second-order valence-electron chi connectivity index (χ2n) is 6.04. The van der Waals surface area contributed by atoms with Crippen LogP contribution in [0.1, 0.15) is 42.5 Å². The molecule has 1 heterocycles. The molecular weight excluding hydrogens is 280 g/mol. The minimum absolute atomic E-state index is 0.0298. The quantitative estimate of drug-likeness (QED) is 0.810. The van der Waals surface area contributed by atoms with E-state index in [1.54, 1.807) is 12.1 Å². The minimum Gasteiger partial charge on any atom is -0.351 e. The number of carbonyl (C=O) groups is 3. The third kappa shape index (κ3) is 3.53. The van der Waals surface area contributed by atoms with Gasteiger partial charge in [-0.25, -0.2) is 0 Å². The van der Waals surface area contributed by atoms with Crippen LogP contribution >= 0.6 is 0 Å². The number of nitrogens with zero attached hydrogens (tertiary/aromatic N) is 1. The molecule has 1 saturated heterocycles. The third-order valence-electron chi connectivity index (χ3n) is 4.19. The van der Waals surface area contributed by atoms with E-state index in [4.69, 9.17) is 0 Å². The molecule has 0 aromatic heterocycles. The van der Waals surface area contributed by atoms with E-state index in [9.17, 15) is 14.4 Å². The minimum atomic E-state index is -0.153. The van der Waals surface area contributed by atoms with Crippen molar-refractivity contribution in [2.24, 2.45) is 0 Å². The van der Waals surface area contributed by atoms with Crippen LogP contribution in [0.5, 0.6) is 0 Å². The number of hydrogen-bond donors (Lipinski definition) is 1. The van der Waals surface area contributed by atoms with Crippen molar-refractivity contribution >= 4 is 17.6 Å². The molecule has 2 aliphatic rings. The first-order valence-electron chi connectivity index (χ1n) is 7.80. The van der Waals surface area contributed by atoms with Crippen molar-refractivity contribution in [2.45, 2.75) is 44.2 Å². The van der Waals surface area contributed by atoms with Crippen molar-refractivity contribution in [1.29, 1.82) is 0 Å². The Kier molecular flexibility index (Phi) is 4.22. The van der Waals surface area contributed by atoms with Gasteiger partial charge in [-0.3, -0.25) is 14.4 Å². The molecule has 2 fully saturated rings. The average molecular weight is 300 g/mol. The van der Waals surface area contributed by atoms with Gasteiger partial charge in [0.1, 0.15) is 0 Å². The van der Waals surface area contributed by atoms with E-state index >= 15 is 0 Å². The Labute approximate surface area is 129 Å². The number of amides is 2. The SMILES string of the molecule is O=C(CCC(=O)c1ccccc1)N[C@@H]1CC(=O)N(C2CC2)C1. The second-order valence-corrected chi connectivity index (χ2v) is 6.04. The number of Topliss-reactive ketones (excluding diaryl/α,β-unsaturated/α-hetero) is 1. The second kappa shape index (κ2) is 6.30. The van der Waals surface area contributed by atoms with Gasteiger partial charge in [0, 0.05) is 37.4 Å². The molecule has 1 saturated carbocycles. The summed E-state index contributed by atoms with van der Waals surface area (Å²) < 4.78 is 0. The topological polar surface area (TPSA) is 66.5 Å². The predicted octanol–water partition coefficient (Wildman–Crippen LogP) is 1.53. The molecule has 3 rings (SSSR count). The summed E-state index contributed by atoms with van der Waals surface area (Å²) in [5.74, 6) is -0.0502. The summed E-state index contributed by atoms with van der Waals surface area (Å²) in [4.78, 5) is 37.6.